The Morgan fingerprint density at radius 2 is 2.00 bits per heavy atom. The largest absolute Gasteiger partial charge is 0.378 e. The van der Waals surface area contributed by atoms with E-state index < -0.39 is 0 Å². The Hall–Kier alpha value is -3.37. The number of hydrogen-bond donors (Lipinski definition) is 3. The summed E-state index contributed by atoms with van der Waals surface area (Å²) in [6.45, 7) is 5.44. The van der Waals surface area contributed by atoms with Gasteiger partial charge in [-0.3, -0.25) is 9.89 Å². The van der Waals surface area contributed by atoms with Crippen molar-refractivity contribution in [3.05, 3.63) is 46.5 Å². The van der Waals surface area contributed by atoms with E-state index in [1.807, 2.05) is 21.9 Å². The van der Waals surface area contributed by atoms with Gasteiger partial charge in [0.15, 0.2) is 0 Å². The van der Waals surface area contributed by atoms with Crippen LogP contribution in [0.5, 0.6) is 0 Å². The number of rotatable bonds is 3. The van der Waals surface area contributed by atoms with E-state index in [1.54, 1.807) is 13.1 Å². The number of aryl methyl sites for hydroxylation is 1. The number of H-pyrrole nitrogens is 2. The molecule has 1 saturated heterocycles. The van der Waals surface area contributed by atoms with Crippen LogP contribution in [0.1, 0.15) is 28.3 Å². The van der Waals surface area contributed by atoms with Crippen LogP contribution in [0.4, 0.5) is 10.5 Å². The molecular weight excluding hydrogens is 446 g/mol. The Morgan fingerprint density at radius 3 is 2.70 bits per heavy atom. The van der Waals surface area contributed by atoms with Crippen LogP contribution in [0.25, 0.3) is 16.6 Å². The van der Waals surface area contributed by atoms with Crippen molar-refractivity contribution in [2.75, 3.05) is 44.7 Å². The maximum Gasteiger partial charge on any atom is 0.320 e. The molecular formula is C22H24ClN7O3. The molecule has 0 unspecified atom stereocenters. The van der Waals surface area contributed by atoms with Gasteiger partial charge in [0.1, 0.15) is 11.3 Å². The van der Waals surface area contributed by atoms with Gasteiger partial charge in [0, 0.05) is 37.3 Å². The Morgan fingerprint density at radius 1 is 1.18 bits per heavy atom. The molecule has 0 aliphatic carbocycles. The molecule has 3 amide bonds. The summed E-state index contributed by atoms with van der Waals surface area (Å²) in [4.78, 5) is 36.7. The van der Waals surface area contributed by atoms with Crippen molar-refractivity contribution < 1.29 is 14.3 Å². The van der Waals surface area contributed by atoms with E-state index in [2.05, 4.69) is 31.6 Å². The fourth-order valence-corrected chi connectivity index (χ4v) is 4.23. The molecule has 0 atom stereocenters. The first-order valence-electron chi connectivity index (χ1n) is 10.8. The Bertz CT molecular complexity index is 1240. The molecule has 11 heteroatoms. The van der Waals surface area contributed by atoms with E-state index >= 15 is 0 Å². The van der Waals surface area contributed by atoms with Gasteiger partial charge in [-0.25, -0.2) is 9.78 Å². The highest BCUT2D eigenvalue weighted by atomic mass is 35.5. The molecule has 3 aromatic heterocycles. The molecule has 2 aliphatic heterocycles. The van der Waals surface area contributed by atoms with E-state index in [0.717, 1.165) is 28.7 Å². The van der Waals surface area contributed by atoms with Crippen LogP contribution in [-0.4, -0.2) is 81.3 Å². The highest BCUT2D eigenvalue weighted by Gasteiger charge is 2.25. The first-order chi connectivity index (χ1) is 16.0. The lowest BCUT2D eigenvalue weighted by Crippen LogP contribution is -2.49. The summed E-state index contributed by atoms with van der Waals surface area (Å²) in [7, 11) is 0. The van der Waals surface area contributed by atoms with E-state index in [1.165, 1.54) is 0 Å². The van der Waals surface area contributed by atoms with Gasteiger partial charge in [-0.15, -0.1) is 0 Å². The number of ether oxygens (including phenoxy) is 1. The summed E-state index contributed by atoms with van der Waals surface area (Å²) < 4.78 is 5.33. The van der Waals surface area contributed by atoms with Crippen molar-refractivity contribution in [3.8, 4) is 0 Å². The molecule has 0 radical (unpaired) electrons. The van der Waals surface area contributed by atoms with E-state index in [-0.39, 0.29) is 17.6 Å². The third-order valence-electron chi connectivity index (χ3n) is 5.93. The van der Waals surface area contributed by atoms with Crippen molar-refractivity contribution >= 4 is 45.8 Å². The van der Waals surface area contributed by atoms with Gasteiger partial charge in [0.2, 0.25) is 0 Å². The summed E-state index contributed by atoms with van der Waals surface area (Å²) in [5, 5.41) is 10.6. The zero-order valence-electron chi connectivity index (χ0n) is 18.2. The van der Waals surface area contributed by atoms with Gasteiger partial charge in [-0.05, 0) is 31.1 Å². The molecule has 10 nitrogen and oxygen atoms in total. The van der Waals surface area contributed by atoms with Crippen LogP contribution >= 0.6 is 11.6 Å². The van der Waals surface area contributed by atoms with Gasteiger partial charge in [-0.1, -0.05) is 17.7 Å². The minimum Gasteiger partial charge on any atom is -0.378 e. The fraction of sp³-hybridized carbons (Fsp3) is 0.364. The molecule has 5 heterocycles. The highest BCUT2D eigenvalue weighted by Crippen LogP contribution is 2.27. The third-order valence-corrected chi connectivity index (χ3v) is 6.40. The lowest BCUT2D eigenvalue weighted by Gasteiger charge is -2.34. The number of morpholine rings is 1. The number of hydrogen-bond acceptors (Lipinski definition) is 5. The fourth-order valence-electron chi connectivity index (χ4n) is 4.06. The number of nitrogens with zero attached hydrogens (tertiary/aromatic N) is 4. The Kier molecular flexibility index (Phi) is 5.77. The first kappa shape index (κ1) is 21.5. The highest BCUT2D eigenvalue weighted by molar-refractivity contribution is 6.34. The molecule has 0 saturated carbocycles. The Balaban J connectivity index is 1.28. The first-order valence-corrected chi connectivity index (χ1v) is 11.2. The number of anilines is 1. The SMILES string of the molecule is Cc1n[nH]c(C(=O)Nc2cnc3[nH]c(C4=CCN(C(=O)N5CCOCC5)CC4)cc3c2)c1Cl. The second-order valence-electron chi connectivity index (χ2n) is 8.10. The van der Waals surface area contributed by atoms with Crippen LogP contribution in [-0.2, 0) is 4.74 Å². The number of carbonyl (C=O) groups is 2. The quantitative estimate of drug-likeness (QED) is 0.544. The van der Waals surface area contributed by atoms with Crippen molar-refractivity contribution in [3.63, 3.8) is 0 Å². The van der Waals surface area contributed by atoms with Gasteiger partial charge < -0.3 is 24.8 Å². The number of halogens is 1. The van der Waals surface area contributed by atoms with Crippen LogP contribution in [0, 0.1) is 6.92 Å². The molecule has 1 fully saturated rings. The van der Waals surface area contributed by atoms with Crippen LogP contribution < -0.4 is 5.32 Å². The standard InChI is InChI=1S/C22H24ClN7O3/c1-13-18(23)19(28-27-13)21(31)25-16-10-15-11-17(26-20(15)24-12-16)14-2-4-29(5-3-14)22(32)30-6-8-33-9-7-30/h2,10-12H,3-9H2,1H3,(H,24,26)(H,25,31)(H,27,28). The summed E-state index contributed by atoms with van der Waals surface area (Å²) in [6, 6.07) is 3.94. The van der Waals surface area contributed by atoms with Crippen LogP contribution in [0.2, 0.25) is 5.02 Å². The predicted molar refractivity (Wildman–Crippen MR) is 124 cm³/mol. The van der Waals surface area contributed by atoms with Crippen molar-refractivity contribution in [1.29, 1.82) is 0 Å². The maximum atomic E-state index is 12.7. The number of urea groups is 1. The molecule has 3 aromatic rings. The summed E-state index contributed by atoms with van der Waals surface area (Å²) in [5.41, 5.74) is 4.17. The maximum absolute atomic E-state index is 12.7. The number of aromatic amines is 2. The molecule has 0 aromatic carbocycles. The lowest BCUT2D eigenvalue weighted by atomic mass is 10.0. The average Bonchev–Trinajstić information content (AvgIpc) is 3.42. The van der Waals surface area contributed by atoms with Gasteiger partial charge in [0.25, 0.3) is 5.91 Å². The molecule has 172 valence electrons. The molecule has 2 aliphatic rings. The Labute approximate surface area is 194 Å². The number of nitrogens with one attached hydrogen (secondary N) is 3. The number of pyridine rings is 1. The third kappa shape index (κ3) is 4.31. The molecule has 5 rings (SSSR count). The molecule has 33 heavy (non-hydrogen) atoms. The zero-order chi connectivity index (χ0) is 22.9. The molecule has 0 spiro atoms. The van der Waals surface area contributed by atoms with Crippen molar-refractivity contribution in [2.45, 2.75) is 13.3 Å². The molecule has 0 bridgehead atoms. The predicted octanol–water partition coefficient (Wildman–Crippen LogP) is 3.04. The summed E-state index contributed by atoms with van der Waals surface area (Å²) >= 11 is 6.11. The minimum absolute atomic E-state index is 0.0693. The normalized spacial score (nSPS) is 16.7. The van der Waals surface area contributed by atoms with E-state index in [0.29, 0.717) is 55.8 Å². The van der Waals surface area contributed by atoms with Crippen molar-refractivity contribution in [1.82, 2.24) is 30.0 Å². The zero-order valence-corrected chi connectivity index (χ0v) is 18.9. The monoisotopic (exact) mass is 469 g/mol. The lowest BCUT2D eigenvalue weighted by molar-refractivity contribution is 0.0441. The van der Waals surface area contributed by atoms with Gasteiger partial charge >= 0.3 is 6.03 Å². The number of carbonyl (C=O) groups excluding carboxylic acids is 2. The van der Waals surface area contributed by atoms with E-state index in [4.69, 9.17) is 16.3 Å². The van der Waals surface area contributed by atoms with Crippen LogP contribution in [0.15, 0.2) is 24.4 Å². The summed E-state index contributed by atoms with van der Waals surface area (Å²) in [6.07, 6.45) is 4.43. The average molecular weight is 470 g/mol. The number of fused-ring (bicyclic) bond motifs is 1. The number of aromatic nitrogens is 4. The van der Waals surface area contributed by atoms with E-state index in [9.17, 15) is 9.59 Å². The second-order valence-corrected chi connectivity index (χ2v) is 8.48. The number of amides is 3. The topological polar surface area (TPSA) is 119 Å². The smallest absolute Gasteiger partial charge is 0.320 e. The van der Waals surface area contributed by atoms with Crippen LogP contribution in [0.3, 0.4) is 0 Å². The van der Waals surface area contributed by atoms with Gasteiger partial charge in [-0.2, -0.15) is 5.10 Å². The van der Waals surface area contributed by atoms with Gasteiger partial charge in [0.05, 0.1) is 35.8 Å². The second kappa shape index (κ2) is 8.87. The van der Waals surface area contributed by atoms with Crippen molar-refractivity contribution in [2.24, 2.45) is 0 Å². The minimum atomic E-state index is -0.377. The summed E-state index contributed by atoms with van der Waals surface area (Å²) in [5.74, 6) is -0.377. The molecule has 3 N–H and O–H groups in total.